The largest absolute Gasteiger partial charge is 0.379 e. The first kappa shape index (κ1) is 13.2. The molecule has 0 aromatic carbocycles. The number of carbonyl (C=O) groups excluding carboxylic acids is 1. The van der Waals surface area contributed by atoms with Crippen LogP contribution in [-0.4, -0.2) is 49.8 Å². The van der Waals surface area contributed by atoms with Crippen LogP contribution in [0.1, 0.15) is 19.8 Å². The quantitative estimate of drug-likeness (QED) is 0.506. The highest BCUT2D eigenvalue weighted by Gasteiger charge is 2.21. The molecule has 0 aromatic heterocycles. The standard InChI is InChI=1S/C12H21NO3/c1-3-12(14)13-7-5-11(6-8-13)16-10-9-15-4-2/h3,11H,1,4-10H2,2H3. The maximum atomic E-state index is 11.3. The molecule has 0 saturated carbocycles. The summed E-state index contributed by atoms with van der Waals surface area (Å²) in [7, 11) is 0. The molecule has 1 fully saturated rings. The van der Waals surface area contributed by atoms with E-state index in [0.717, 1.165) is 32.5 Å². The van der Waals surface area contributed by atoms with Crippen molar-refractivity contribution in [2.75, 3.05) is 32.9 Å². The van der Waals surface area contributed by atoms with Gasteiger partial charge in [0.05, 0.1) is 19.3 Å². The molecule has 1 saturated heterocycles. The summed E-state index contributed by atoms with van der Waals surface area (Å²) in [6, 6.07) is 0. The molecule has 1 aliphatic heterocycles. The molecular weight excluding hydrogens is 206 g/mol. The van der Waals surface area contributed by atoms with Gasteiger partial charge in [-0.05, 0) is 25.8 Å². The highest BCUT2D eigenvalue weighted by molar-refractivity contribution is 5.87. The Morgan fingerprint density at radius 2 is 2.12 bits per heavy atom. The molecular formula is C12H21NO3. The normalized spacial score (nSPS) is 17.4. The lowest BCUT2D eigenvalue weighted by atomic mass is 10.1. The molecule has 92 valence electrons. The molecule has 0 unspecified atom stereocenters. The number of rotatable bonds is 6. The van der Waals surface area contributed by atoms with E-state index in [1.807, 2.05) is 11.8 Å². The molecule has 0 bridgehead atoms. The molecule has 0 atom stereocenters. The summed E-state index contributed by atoms with van der Waals surface area (Å²) in [5.74, 6) is 0.0211. The van der Waals surface area contributed by atoms with Crippen LogP contribution in [0.5, 0.6) is 0 Å². The molecule has 0 aromatic rings. The first-order valence-corrected chi connectivity index (χ1v) is 5.88. The van der Waals surface area contributed by atoms with Gasteiger partial charge in [-0.3, -0.25) is 4.79 Å². The van der Waals surface area contributed by atoms with Crippen molar-refractivity contribution >= 4 is 5.91 Å². The summed E-state index contributed by atoms with van der Waals surface area (Å²) in [6.45, 7) is 9.03. The van der Waals surface area contributed by atoms with Gasteiger partial charge in [0.2, 0.25) is 5.91 Å². The summed E-state index contributed by atoms with van der Waals surface area (Å²) in [6.07, 6.45) is 3.46. The predicted molar refractivity (Wildman–Crippen MR) is 62.2 cm³/mol. The zero-order valence-electron chi connectivity index (χ0n) is 9.98. The van der Waals surface area contributed by atoms with Crippen LogP contribution in [0.25, 0.3) is 0 Å². The maximum absolute atomic E-state index is 11.3. The van der Waals surface area contributed by atoms with Crippen molar-refractivity contribution in [3.05, 3.63) is 12.7 Å². The van der Waals surface area contributed by atoms with Crippen LogP contribution >= 0.6 is 0 Å². The molecule has 1 rings (SSSR count). The van der Waals surface area contributed by atoms with E-state index in [4.69, 9.17) is 9.47 Å². The Morgan fingerprint density at radius 3 is 2.69 bits per heavy atom. The molecule has 0 spiro atoms. The minimum Gasteiger partial charge on any atom is -0.379 e. The van der Waals surface area contributed by atoms with E-state index in [1.54, 1.807) is 0 Å². The lowest BCUT2D eigenvalue weighted by molar-refractivity contribution is -0.128. The van der Waals surface area contributed by atoms with E-state index in [-0.39, 0.29) is 12.0 Å². The van der Waals surface area contributed by atoms with E-state index < -0.39 is 0 Å². The van der Waals surface area contributed by atoms with Crippen LogP contribution < -0.4 is 0 Å². The molecule has 4 nitrogen and oxygen atoms in total. The third-order valence-corrected chi connectivity index (χ3v) is 2.71. The second-order valence-corrected chi connectivity index (χ2v) is 3.80. The van der Waals surface area contributed by atoms with Gasteiger partial charge in [-0.15, -0.1) is 0 Å². The molecule has 0 aliphatic carbocycles. The van der Waals surface area contributed by atoms with Crippen molar-refractivity contribution in [1.29, 1.82) is 0 Å². The number of likely N-dealkylation sites (tertiary alicyclic amines) is 1. The number of hydrogen-bond acceptors (Lipinski definition) is 3. The average Bonchev–Trinajstić information content (AvgIpc) is 2.34. The molecule has 1 heterocycles. The molecule has 4 heteroatoms. The minimum absolute atomic E-state index is 0.0211. The van der Waals surface area contributed by atoms with Crippen molar-refractivity contribution < 1.29 is 14.3 Å². The van der Waals surface area contributed by atoms with E-state index in [2.05, 4.69) is 6.58 Å². The van der Waals surface area contributed by atoms with E-state index in [0.29, 0.717) is 13.2 Å². The fourth-order valence-corrected chi connectivity index (χ4v) is 1.79. The highest BCUT2D eigenvalue weighted by Crippen LogP contribution is 2.13. The van der Waals surface area contributed by atoms with Crippen molar-refractivity contribution in [1.82, 2.24) is 4.90 Å². The third kappa shape index (κ3) is 4.33. The fraction of sp³-hybridized carbons (Fsp3) is 0.750. The van der Waals surface area contributed by atoms with Crippen molar-refractivity contribution in [2.24, 2.45) is 0 Å². The van der Waals surface area contributed by atoms with Crippen LogP contribution in [0.2, 0.25) is 0 Å². The van der Waals surface area contributed by atoms with Crippen molar-refractivity contribution in [3.63, 3.8) is 0 Å². The fourth-order valence-electron chi connectivity index (χ4n) is 1.79. The number of piperidine rings is 1. The first-order chi connectivity index (χ1) is 7.77. The Kier molecular flexibility index (Phi) is 6.11. The predicted octanol–water partition coefficient (Wildman–Crippen LogP) is 1.22. The van der Waals surface area contributed by atoms with Crippen LogP contribution in [0.3, 0.4) is 0 Å². The number of carbonyl (C=O) groups is 1. The number of nitrogens with zero attached hydrogens (tertiary/aromatic N) is 1. The van der Waals surface area contributed by atoms with Gasteiger partial charge in [0.25, 0.3) is 0 Å². The zero-order valence-corrected chi connectivity index (χ0v) is 9.98. The second kappa shape index (κ2) is 7.41. The number of hydrogen-bond donors (Lipinski definition) is 0. The monoisotopic (exact) mass is 227 g/mol. The first-order valence-electron chi connectivity index (χ1n) is 5.88. The van der Waals surface area contributed by atoms with Gasteiger partial charge >= 0.3 is 0 Å². The molecule has 0 radical (unpaired) electrons. The molecule has 0 N–H and O–H groups in total. The third-order valence-electron chi connectivity index (χ3n) is 2.71. The van der Waals surface area contributed by atoms with Gasteiger partial charge in [-0.1, -0.05) is 6.58 Å². The Balaban J connectivity index is 2.12. The van der Waals surface area contributed by atoms with Crippen LogP contribution in [0.4, 0.5) is 0 Å². The van der Waals surface area contributed by atoms with Crippen LogP contribution in [0, 0.1) is 0 Å². The maximum Gasteiger partial charge on any atom is 0.245 e. The average molecular weight is 227 g/mol. The zero-order chi connectivity index (χ0) is 11.8. The lowest BCUT2D eigenvalue weighted by Gasteiger charge is -2.31. The Morgan fingerprint density at radius 1 is 1.44 bits per heavy atom. The van der Waals surface area contributed by atoms with Gasteiger partial charge in [-0.25, -0.2) is 0 Å². The smallest absolute Gasteiger partial charge is 0.245 e. The summed E-state index contributed by atoms with van der Waals surface area (Å²) >= 11 is 0. The summed E-state index contributed by atoms with van der Waals surface area (Å²) in [4.78, 5) is 13.1. The molecule has 1 aliphatic rings. The van der Waals surface area contributed by atoms with Crippen molar-refractivity contribution in [2.45, 2.75) is 25.9 Å². The Hall–Kier alpha value is -0.870. The molecule has 1 amide bonds. The second-order valence-electron chi connectivity index (χ2n) is 3.80. The van der Waals surface area contributed by atoms with Gasteiger partial charge in [-0.2, -0.15) is 0 Å². The van der Waals surface area contributed by atoms with Gasteiger partial charge in [0.1, 0.15) is 0 Å². The summed E-state index contributed by atoms with van der Waals surface area (Å²) < 4.78 is 10.9. The SMILES string of the molecule is C=CC(=O)N1CCC(OCCOCC)CC1. The van der Waals surface area contributed by atoms with Gasteiger partial charge in [0.15, 0.2) is 0 Å². The van der Waals surface area contributed by atoms with Gasteiger partial charge < -0.3 is 14.4 Å². The van der Waals surface area contributed by atoms with Gasteiger partial charge in [0, 0.05) is 19.7 Å². The van der Waals surface area contributed by atoms with E-state index in [9.17, 15) is 4.79 Å². The minimum atomic E-state index is 0.0211. The summed E-state index contributed by atoms with van der Waals surface area (Å²) in [5.41, 5.74) is 0. The molecule has 16 heavy (non-hydrogen) atoms. The van der Waals surface area contributed by atoms with Crippen LogP contribution in [-0.2, 0) is 14.3 Å². The lowest BCUT2D eigenvalue weighted by Crippen LogP contribution is -2.40. The summed E-state index contributed by atoms with van der Waals surface area (Å²) in [5, 5.41) is 0. The van der Waals surface area contributed by atoms with Crippen molar-refractivity contribution in [3.8, 4) is 0 Å². The number of ether oxygens (including phenoxy) is 2. The van der Waals surface area contributed by atoms with Crippen LogP contribution in [0.15, 0.2) is 12.7 Å². The topological polar surface area (TPSA) is 38.8 Å². The number of amides is 1. The Labute approximate surface area is 97.2 Å². The highest BCUT2D eigenvalue weighted by atomic mass is 16.5. The van der Waals surface area contributed by atoms with E-state index >= 15 is 0 Å². The van der Waals surface area contributed by atoms with E-state index in [1.165, 1.54) is 6.08 Å². The Bertz CT molecular complexity index is 222.